The quantitative estimate of drug-likeness (QED) is 0.360. The van der Waals surface area contributed by atoms with Gasteiger partial charge in [-0.15, -0.1) is 24.0 Å². The van der Waals surface area contributed by atoms with Crippen LogP contribution in [-0.4, -0.2) is 84.3 Å². The van der Waals surface area contributed by atoms with Gasteiger partial charge in [0.1, 0.15) is 0 Å². The number of aliphatic imine (C=N–C) groups is 1. The maximum atomic E-state index is 6.12. The van der Waals surface area contributed by atoms with Crippen LogP contribution in [0.25, 0.3) is 0 Å². The molecular formula is C20H37IN4OS. The highest BCUT2D eigenvalue weighted by Gasteiger charge is 2.38. The fraction of sp³-hybridized carbons (Fsp3) is 0.950. The molecule has 1 saturated carbocycles. The number of thioether (sulfide) groups is 1. The Kier molecular flexibility index (Phi) is 8.42. The third-order valence-corrected chi connectivity index (χ3v) is 8.09. The van der Waals surface area contributed by atoms with Gasteiger partial charge < -0.3 is 15.0 Å². The van der Waals surface area contributed by atoms with Gasteiger partial charge in [-0.1, -0.05) is 19.3 Å². The molecule has 1 spiro atoms. The van der Waals surface area contributed by atoms with Gasteiger partial charge in [0.2, 0.25) is 0 Å². The number of hydrogen-bond donors (Lipinski definition) is 1. The minimum absolute atomic E-state index is 0. The number of hydrogen-bond acceptors (Lipinski definition) is 4. The van der Waals surface area contributed by atoms with Crippen LogP contribution < -0.4 is 5.32 Å². The normalized spacial score (nSPS) is 31.4. The lowest BCUT2D eigenvalue weighted by molar-refractivity contribution is -0.0433. The molecule has 1 N–H and O–H groups in total. The van der Waals surface area contributed by atoms with Crippen molar-refractivity contribution in [2.24, 2.45) is 4.99 Å². The van der Waals surface area contributed by atoms with Gasteiger partial charge in [-0.2, -0.15) is 11.8 Å². The summed E-state index contributed by atoms with van der Waals surface area (Å²) in [5, 5.41) is 3.56. The summed E-state index contributed by atoms with van der Waals surface area (Å²) in [6.07, 6.45) is 9.91. The van der Waals surface area contributed by atoms with Gasteiger partial charge in [0, 0.05) is 42.7 Å². The predicted molar refractivity (Wildman–Crippen MR) is 126 cm³/mol. The van der Waals surface area contributed by atoms with E-state index in [2.05, 4.69) is 33.8 Å². The molecule has 0 aromatic carbocycles. The third-order valence-electron chi connectivity index (χ3n) is 6.55. The fourth-order valence-electron chi connectivity index (χ4n) is 5.13. The molecular weight excluding hydrogens is 471 g/mol. The molecule has 0 radical (unpaired) electrons. The average Bonchev–Trinajstić information content (AvgIpc) is 3.13. The van der Waals surface area contributed by atoms with E-state index in [9.17, 15) is 0 Å². The summed E-state index contributed by atoms with van der Waals surface area (Å²) in [7, 11) is 0. The molecule has 0 aromatic rings. The maximum absolute atomic E-state index is 6.12. The minimum Gasteiger partial charge on any atom is -0.373 e. The van der Waals surface area contributed by atoms with Crippen molar-refractivity contribution in [2.45, 2.75) is 68.8 Å². The number of ether oxygens (including phenoxy) is 1. The van der Waals surface area contributed by atoms with Gasteiger partial charge in [0.15, 0.2) is 5.96 Å². The lowest BCUT2D eigenvalue weighted by atomic mass is 9.87. The van der Waals surface area contributed by atoms with Crippen LogP contribution in [0.5, 0.6) is 0 Å². The lowest BCUT2D eigenvalue weighted by Gasteiger charge is -2.45. The van der Waals surface area contributed by atoms with E-state index in [1.54, 1.807) is 0 Å². The van der Waals surface area contributed by atoms with E-state index >= 15 is 0 Å². The number of morpholine rings is 1. The molecule has 4 fully saturated rings. The van der Waals surface area contributed by atoms with Crippen LogP contribution in [-0.2, 0) is 4.74 Å². The zero-order valence-corrected chi connectivity index (χ0v) is 20.0. The second-order valence-corrected chi connectivity index (χ2v) is 10.0. The summed E-state index contributed by atoms with van der Waals surface area (Å²) in [6.45, 7) is 9.42. The van der Waals surface area contributed by atoms with Crippen LogP contribution >= 0.6 is 35.7 Å². The van der Waals surface area contributed by atoms with Gasteiger partial charge in [-0.25, -0.2) is 0 Å². The standard InChI is InChI=1S/C20H36N4OS.HI/c1-2-21-19(22-13-18-14-23-10-6-7-17(23)15-25-18)24-11-12-26-20(16-24)8-4-3-5-9-20;/h17-18H,2-16H2,1H3,(H,21,22);1H. The Morgan fingerprint density at radius 3 is 2.89 bits per heavy atom. The number of rotatable bonds is 3. The van der Waals surface area contributed by atoms with Crippen LogP contribution in [0, 0.1) is 0 Å². The molecule has 27 heavy (non-hydrogen) atoms. The number of fused-ring (bicyclic) bond motifs is 1. The molecule has 0 bridgehead atoms. The molecule has 2 atom stereocenters. The number of nitrogens with one attached hydrogen (secondary N) is 1. The second kappa shape index (κ2) is 10.3. The van der Waals surface area contributed by atoms with Gasteiger partial charge in [-0.05, 0) is 39.2 Å². The largest absolute Gasteiger partial charge is 0.373 e. The van der Waals surface area contributed by atoms with E-state index in [4.69, 9.17) is 9.73 Å². The minimum atomic E-state index is 0. The van der Waals surface area contributed by atoms with Gasteiger partial charge >= 0.3 is 0 Å². The van der Waals surface area contributed by atoms with Crippen LogP contribution in [0.3, 0.4) is 0 Å². The molecule has 0 aromatic heterocycles. The zero-order chi connectivity index (χ0) is 17.8. The molecule has 3 heterocycles. The maximum Gasteiger partial charge on any atom is 0.194 e. The van der Waals surface area contributed by atoms with Gasteiger partial charge in [0.05, 0.1) is 19.3 Å². The summed E-state index contributed by atoms with van der Waals surface area (Å²) in [6, 6.07) is 0.675. The summed E-state index contributed by atoms with van der Waals surface area (Å²) in [4.78, 5) is 10.2. The van der Waals surface area contributed by atoms with Crippen molar-refractivity contribution in [1.82, 2.24) is 15.1 Å². The van der Waals surface area contributed by atoms with E-state index < -0.39 is 0 Å². The lowest BCUT2D eigenvalue weighted by Crippen LogP contribution is -2.54. The monoisotopic (exact) mass is 508 g/mol. The van der Waals surface area contributed by atoms with Crippen molar-refractivity contribution in [2.75, 3.05) is 51.6 Å². The fourth-order valence-corrected chi connectivity index (χ4v) is 6.70. The van der Waals surface area contributed by atoms with E-state index in [1.807, 2.05) is 0 Å². The van der Waals surface area contributed by atoms with Crippen molar-refractivity contribution < 1.29 is 4.74 Å². The Morgan fingerprint density at radius 1 is 1.22 bits per heavy atom. The molecule has 3 saturated heterocycles. The first-order valence-corrected chi connectivity index (χ1v) is 11.8. The van der Waals surface area contributed by atoms with Crippen molar-refractivity contribution >= 4 is 41.7 Å². The van der Waals surface area contributed by atoms with Crippen LogP contribution in [0.2, 0.25) is 0 Å². The SMILES string of the molecule is CCNC(=NCC1CN2CCCC2CO1)N1CCSC2(CCCCC2)C1.I. The van der Waals surface area contributed by atoms with Gasteiger partial charge in [0.25, 0.3) is 0 Å². The second-order valence-electron chi connectivity index (χ2n) is 8.45. The van der Waals surface area contributed by atoms with Crippen LogP contribution in [0.1, 0.15) is 51.9 Å². The Balaban J connectivity index is 0.00000210. The summed E-state index contributed by atoms with van der Waals surface area (Å²) >= 11 is 2.23. The molecule has 3 aliphatic heterocycles. The van der Waals surface area contributed by atoms with Crippen molar-refractivity contribution in [1.29, 1.82) is 0 Å². The van der Waals surface area contributed by atoms with E-state index in [-0.39, 0.29) is 30.1 Å². The molecule has 4 rings (SSSR count). The predicted octanol–water partition coefficient (Wildman–Crippen LogP) is 3.18. The van der Waals surface area contributed by atoms with Crippen molar-refractivity contribution in [3.8, 4) is 0 Å². The van der Waals surface area contributed by atoms with Gasteiger partial charge in [-0.3, -0.25) is 9.89 Å². The molecule has 5 nitrogen and oxygen atoms in total. The molecule has 2 unspecified atom stereocenters. The van der Waals surface area contributed by atoms with E-state index in [1.165, 1.54) is 63.8 Å². The number of halogens is 1. The summed E-state index contributed by atoms with van der Waals surface area (Å²) in [5.41, 5.74) is 0. The van der Waals surface area contributed by atoms with Crippen LogP contribution in [0.4, 0.5) is 0 Å². The Morgan fingerprint density at radius 2 is 2.07 bits per heavy atom. The van der Waals surface area contributed by atoms with Crippen molar-refractivity contribution in [3.63, 3.8) is 0 Å². The summed E-state index contributed by atoms with van der Waals surface area (Å²) in [5.74, 6) is 2.35. The first kappa shape index (κ1) is 22.0. The highest BCUT2D eigenvalue weighted by Crippen LogP contribution is 2.42. The first-order valence-electron chi connectivity index (χ1n) is 10.8. The van der Waals surface area contributed by atoms with E-state index in [0.29, 0.717) is 10.8 Å². The van der Waals surface area contributed by atoms with Crippen molar-refractivity contribution in [3.05, 3.63) is 0 Å². The van der Waals surface area contributed by atoms with E-state index in [0.717, 1.165) is 38.7 Å². The molecule has 7 heteroatoms. The Labute approximate surface area is 186 Å². The number of guanidine groups is 1. The van der Waals surface area contributed by atoms with Crippen LogP contribution in [0.15, 0.2) is 4.99 Å². The molecule has 156 valence electrons. The highest BCUT2D eigenvalue weighted by molar-refractivity contribution is 14.0. The topological polar surface area (TPSA) is 40.1 Å². The zero-order valence-electron chi connectivity index (χ0n) is 16.8. The third kappa shape index (κ3) is 5.45. The average molecular weight is 509 g/mol. The highest BCUT2D eigenvalue weighted by atomic mass is 127. The first-order chi connectivity index (χ1) is 12.8. The Bertz CT molecular complexity index is 495. The molecule has 1 aliphatic carbocycles. The Hall–Kier alpha value is 0.270. The molecule has 0 amide bonds. The molecule has 4 aliphatic rings. The smallest absolute Gasteiger partial charge is 0.194 e. The summed E-state index contributed by atoms with van der Waals surface area (Å²) < 4.78 is 6.60. The number of nitrogens with zero attached hydrogens (tertiary/aromatic N) is 3.